The van der Waals surface area contributed by atoms with E-state index in [0.29, 0.717) is 24.7 Å². The van der Waals surface area contributed by atoms with Gasteiger partial charge in [0.2, 0.25) is 5.91 Å². The molecule has 1 amide bonds. The summed E-state index contributed by atoms with van der Waals surface area (Å²) in [5.74, 6) is 1.02. The summed E-state index contributed by atoms with van der Waals surface area (Å²) in [4.78, 5) is 13.4. The first-order chi connectivity index (χ1) is 7.61. The van der Waals surface area contributed by atoms with Gasteiger partial charge < -0.3 is 15.6 Å². The summed E-state index contributed by atoms with van der Waals surface area (Å²) in [5, 5.41) is 6.33. The fourth-order valence-electron chi connectivity index (χ4n) is 1.29. The molecule has 0 spiro atoms. The van der Waals surface area contributed by atoms with Crippen molar-refractivity contribution in [2.24, 2.45) is 5.73 Å². The molecule has 0 radical (unpaired) electrons. The zero-order valence-corrected chi connectivity index (χ0v) is 9.69. The van der Waals surface area contributed by atoms with Gasteiger partial charge in [-0.15, -0.1) is 0 Å². The van der Waals surface area contributed by atoms with Gasteiger partial charge in [0.25, 0.3) is 0 Å². The van der Waals surface area contributed by atoms with Crippen LogP contribution in [0.25, 0.3) is 0 Å². The minimum atomic E-state index is -0.104. The number of carbonyl (C=O) groups excluding carboxylic acids is 1. The number of nitrogens with two attached hydrogens (primary N) is 1. The maximum Gasteiger partial charge on any atom is 0.239 e. The average Bonchev–Trinajstić information content (AvgIpc) is 2.60. The Bertz CT molecular complexity index is 337. The minimum Gasteiger partial charge on any atom is -0.360 e. The maximum atomic E-state index is 11.5. The molecule has 1 aromatic heterocycles. The second-order valence-corrected chi connectivity index (χ2v) is 3.75. The molecule has 0 bridgehead atoms. The SMILES string of the molecule is Cc1cc(NC(=O)CN(C)CCCN)no1. The average molecular weight is 226 g/mol. The molecular weight excluding hydrogens is 208 g/mol. The van der Waals surface area contributed by atoms with Gasteiger partial charge in [0.05, 0.1) is 6.54 Å². The minimum absolute atomic E-state index is 0.104. The molecule has 0 aliphatic rings. The molecule has 1 rings (SSSR count). The third-order valence-corrected chi connectivity index (χ3v) is 2.05. The number of anilines is 1. The van der Waals surface area contributed by atoms with Gasteiger partial charge in [-0.1, -0.05) is 5.16 Å². The normalized spacial score (nSPS) is 10.8. The van der Waals surface area contributed by atoms with E-state index in [1.54, 1.807) is 13.0 Å². The van der Waals surface area contributed by atoms with Crippen molar-refractivity contribution in [1.29, 1.82) is 0 Å². The zero-order valence-electron chi connectivity index (χ0n) is 9.69. The lowest BCUT2D eigenvalue weighted by atomic mass is 10.4. The molecule has 0 aliphatic carbocycles. The van der Waals surface area contributed by atoms with Gasteiger partial charge in [-0.25, -0.2) is 0 Å². The Balaban J connectivity index is 2.30. The van der Waals surface area contributed by atoms with Crippen LogP contribution in [0.2, 0.25) is 0 Å². The lowest BCUT2D eigenvalue weighted by molar-refractivity contribution is -0.117. The number of aryl methyl sites for hydroxylation is 1. The predicted octanol–water partition coefficient (Wildman–Crippen LogP) is 0.202. The molecule has 1 aromatic rings. The summed E-state index contributed by atoms with van der Waals surface area (Å²) < 4.78 is 4.84. The van der Waals surface area contributed by atoms with Gasteiger partial charge in [0, 0.05) is 6.07 Å². The first kappa shape index (κ1) is 12.7. The Morgan fingerprint density at radius 3 is 3.00 bits per heavy atom. The third-order valence-electron chi connectivity index (χ3n) is 2.05. The maximum absolute atomic E-state index is 11.5. The fourth-order valence-corrected chi connectivity index (χ4v) is 1.29. The van der Waals surface area contributed by atoms with Gasteiger partial charge >= 0.3 is 0 Å². The highest BCUT2D eigenvalue weighted by atomic mass is 16.5. The van der Waals surface area contributed by atoms with Gasteiger partial charge in [0.15, 0.2) is 5.82 Å². The summed E-state index contributed by atoms with van der Waals surface area (Å²) in [6.07, 6.45) is 0.882. The van der Waals surface area contributed by atoms with E-state index in [1.807, 2.05) is 11.9 Å². The molecule has 16 heavy (non-hydrogen) atoms. The molecule has 0 aliphatic heterocycles. The molecule has 6 heteroatoms. The van der Waals surface area contributed by atoms with Crippen LogP contribution in [0.3, 0.4) is 0 Å². The summed E-state index contributed by atoms with van der Waals surface area (Å²) in [7, 11) is 1.88. The number of carbonyl (C=O) groups is 1. The van der Waals surface area contributed by atoms with Crippen molar-refractivity contribution in [3.8, 4) is 0 Å². The highest BCUT2D eigenvalue weighted by Crippen LogP contribution is 2.06. The lowest BCUT2D eigenvalue weighted by Crippen LogP contribution is -2.31. The Labute approximate surface area is 94.8 Å². The van der Waals surface area contributed by atoms with Crippen LogP contribution in [0.15, 0.2) is 10.6 Å². The number of hydrogen-bond donors (Lipinski definition) is 2. The summed E-state index contributed by atoms with van der Waals surface area (Å²) in [5.41, 5.74) is 5.38. The van der Waals surface area contributed by atoms with Crippen LogP contribution in [0.4, 0.5) is 5.82 Å². The van der Waals surface area contributed by atoms with E-state index in [1.165, 1.54) is 0 Å². The number of amides is 1. The molecular formula is C10H18N4O2. The van der Waals surface area contributed by atoms with Crippen LogP contribution in [0, 0.1) is 6.92 Å². The van der Waals surface area contributed by atoms with E-state index in [-0.39, 0.29) is 5.91 Å². The van der Waals surface area contributed by atoms with E-state index in [4.69, 9.17) is 10.3 Å². The standard InChI is InChI=1S/C10H18N4O2/c1-8-6-9(13-16-8)12-10(15)7-14(2)5-3-4-11/h6H,3-5,7,11H2,1-2H3,(H,12,13,15). The van der Waals surface area contributed by atoms with E-state index < -0.39 is 0 Å². The first-order valence-corrected chi connectivity index (χ1v) is 5.23. The molecule has 0 saturated heterocycles. The highest BCUT2D eigenvalue weighted by molar-refractivity contribution is 5.91. The second kappa shape index (κ2) is 6.24. The molecule has 1 heterocycles. The van der Waals surface area contributed by atoms with Gasteiger partial charge in [-0.2, -0.15) is 0 Å². The number of aromatic nitrogens is 1. The molecule has 0 atom stereocenters. The number of hydrogen-bond acceptors (Lipinski definition) is 5. The van der Waals surface area contributed by atoms with Crippen molar-refractivity contribution in [1.82, 2.24) is 10.1 Å². The first-order valence-electron chi connectivity index (χ1n) is 5.23. The van der Waals surface area contributed by atoms with E-state index >= 15 is 0 Å². The van der Waals surface area contributed by atoms with E-state index in [9.17, 15) is 4.79 Å². The molecule has 3 N–H and O–H groups in total. The second-order valence-electron chi connectivity index (χ2n) is 3.75. The zero-order chi connectivity index (χ0) is 12.0. The topological polar surface area (TPSA) is 84.4 Å². The van der Waals surface area contributed by atoms with Crippen molar-refractivity contribution in [3.05, 3.63) is 11.8 Å². The van der Waals surface area contributed by atoms with E-state index in [2.05, 4.69) is 10.5 Å². The number of nitrogens with one attached hydrogen (secondary N) is 1. The van der Waals surface area contributed by atoms with Crippen LogP contribution in [0.1, 0.15) is 12.2 Å². The van der Waals surface area contributed by atoms with Crippen molar-refractivity contribution >= 4 is 11.7 Å². The van der Waals surface area contributed by atoms with E-state index in [0.717, 1.165) is 13.0 Å². The number of likely N-dealkylation sites (N-methyl/N-ethyl adjacent to an activating group) is 1. The van der Waals surface area contributed by atoms with Gasteiger partial charge in [-0.3, -0.25) is 9.69 Å². The van der Waals surface area contributed by atoms with Crippen LogP contribution in [-0.4, -0.2) is 42.6 Å². The Hall–Kier alpha value is -1.40. The molecule has 90 valence electrons. The lowest BCUT2D eigenvalue weighted by Gasteiger charge is -2.14. The fraction of sp³-hybridized carbons (Fsp3) is 0.600. The predicted molar refractivity (Wildman–Crippen MR) is 61.0 cm³/mol. The number of rotatable bonds is 6. The quantitative estimate of drug-likeness (QED) is 0.724. The summed E-state index contributed by atoms with van der Waals surface area (Å²) in [6.45, 7) is 3.54. The smallest absolute Gasteiger partial charge is 0.239 e. The monoisotopic (exact) mass is 226 g/mol. The molecule has 0 unspecified atom stereocenters. The van der Waals surface area contributed by atoms with Crippen molar-refractivity contribution in [2.75, 3.05) is 32.0 Å². The largest absolute Gasteiger partial charge is 0.360 e. The summed E-state index contributed by atoms with van der Waals surface area (Å²) in [6, 6.07) is 1.68. The Morgan fingerprint density at radius 1 is 1.69 bits per heavy atom. The summed E-state index contributed by atoms with van der Waals surface area (Å²) >= 11 is 0. The molecule has 6 nitrogen and oxygen atoms in total. The van der Waals surface area contributed by atoms with Gasteiger partial charge in [0.1, 0.15) is 5.76 Å². The van der Waals surface area contributed by atoms with Crippen molar-refractivity contribution in [3.63, 3.8) is 0 Å². The van der Waals surface area contributed by atoms with Gasteiger partial charge in [-0.05, 0) is 33.5 Å². The van der Waals surface area contributed by atoms with Crippen LogP contribution < -0.4 is 11.1 Å². The number of nitrogens with zero attached hydrogens (tertiary/aromatic N) is 2. The molecule has 0 fully saturated rings. The van der Waals surface area contributed by atoms with Crippen molar-refractivity contribution < 1.29 is 9.32 Å². The highest BCUT2D eigenvalue weighted by Gasteiger charge is 2.08. The van der Waals surface area contributed by atoms with Crippen LogP contribution >= 0.6 is 0 Å². The van der Waals surface area contributed by atoms with Crippen molar-refractivity contribution in [2.45, 2.75) is 13.3 Å². The molecule has 0 saturated carbocycles. The van der Waals surface area contributed by atoms with Crippen LogP contribution in [-0.2, 0) is 4.79 Å². The van der Waals surface area contributed by atoms with Crippen LogP contribution in [0.5, 0.6) is 0 Å². The Kier molecular flexibility index (Phi) is 4.94. The Morgan fingerprint density at radius 2 is 2.44 bits per heavy atom. The molecule has 0 aromatic carbocycles. The third kappa shape index (κ3) is 4.41.